The van der Waals surface area contributed by atoms with E-state index in [-0.39, 0.29) is 49.3 Å². The van der Waals surface area contributed by atoms with Crippen LogP contribution in [-0.4, -0.2) is 15.9 Å². The van der Waals surface area contributed by atoms with E-state index >= 15 is 4.39 Å². The van der Waals surface area contributed by atoms with E-state index in [1.165, 1.54) is 6.08 Å². The molecular weight excluding hydrogens is 742 g/mol. The number of aryl methyl sites for hydroxylation is 1. The third kappa shape index (κ3) is 8.09. The molecule has 45 heavy (non-hydrogen) atoms. The van der Waals surface area contributed by atoms with E-state index in [1.54, 1.807) is 12.3 Å². The summed E-state index contributed by atoms with van der Waals surface area (Å²) < 4.78 is 21.4. The number of aliphatic hydroxyl groups is 1. The Morgan fingerprint density at radius 2 is 1.60 bits per heavy atom. The number of carbonyl (C=O) groups is 1. The second-order valence-electron chi connectivity index (χ2n) is 12.1. The first kappa shape index (κ1) is 36.1. The molecular formula is C39H45FIrNO3-. The first-order valence-electron chi connectivity index (χ1n) is 16.0. The number of pyridine rings is 1. The number of halogens is 1. The topological polar surface area (TPSA) is 63.3 Å². The molecule has 0 saturated heterocycles. The minimum absolute atomic E-state index is 0. The second-order valence-corrected chi connectivity index (χ2v) is 12.1. The van der Waals surface area contributed by atoms with Crippen LogP contribution in [0.15, 0.2) is 71.0 Å². The Balaban J connectivity index is 0.000000297. The molecule has 0 amide bonds. The van der Waals surface area contributed by atoms with Crippen molar-refractivity contribution in [3.8, 4) is 11.3 Å². The number of rotatable bonds is 10. The van der Waals surface area contributed by atoms with Gasteiger partial charge in [-0.3, -0.25) is 4.79 Å². The Hall–Kier alpha value is -3.34. The fourth-order valence-electron chi connectivity index (χ4n) is 5.91. The molecule has 1 radical (unpaired) electrons. The summed E-state index contributed by atoms with van der Waals surface area (Å²) in [6.07, 6.45) is 7.29. The molecule has 0 fully saturated rings. The van der Waals surface area contributed by atoms with Crippen molar-refractivity contribution < 1.29 is 38.8 Å². The standard InChI is InChI=1S/C26H21FNO.C13H24O2.Ir/c1-15(2)12-17-8-9-20-19(24(17)27)10-11-28-25(20)22-14-16(3)13-21-18-6-4-5-7-23(18)29-26(21)22;1-5-10(6-2)12(14)9-13(15)11(7-3)8-4;/h4-11,13,15H,12H2,1-3H3;9-11,14H,5-8H2,1-4H3;/q-1;;/b;12-9-;. The normalized spacial score (nSPS) is 11.8. The van der Waals surface area contributed by atoms with Crippen molar-refractivity contribution in [1.82, 2.24) is 4.98 Å². The van der Waals surface area contributed by atoms with E-state index < -0.39 is 0 Å². The minimum atomic E-state index is -0.159. The van der Waals surface area contributed by atoms with Gasteiger partial charge in [0.1, 0.15) is 11.4 Å². The zero-order chi connectivity index (χ0) is 32.0. The Bertz CT molecular complexity index is 1780. The summed E-state index contributed by atoms with van der Waals surface area (Å²) >= 11 is 0. The van der Waals surface area contributed by atoms with Gasteiger partial charge in [0, 0.05) is 55.0 Å². The van der Waals surface area contributed by atoms with Gasteiger partial charge in [-0.15, -0.1) is 17.7 Å². The zero-order valence-corrected chi connectivity index (χ0v) is 29.9. The Morgan fingerprint density at radius 1 is 0.933 bits per heavy atom. The summed E-state index contributed by atoms with van der Waals surface area (Å²) in [6, 6.07) is 19.1. The average molecular weight is 787 g/mol. The number of ketones is 1. The molecule has 0 aliphatic rings. The molecule has 4 nitrogen and oxygen atoms in total. The van der Waals surface area contributed by atoms with Gasteiger partial charge in [0.05, 0.1) is 11.3 Å². The number of allylic oxidation sites excluding steroid dienone is 2. The molecule has 1 N–H and O–H groups in total. The Labute approximate surface area is 280 Å². The molecule has 5 aromatic rings. The summed E-state index contributed by atoms with van der Waals surface area (Å²) in [6.45, 7) is 14.3. The number of aliphatic hydroxyl groups excluding tert-OH is 1. The number of carbonyl (C=O) groups excluding carboxylic acids is 1. The number of nitrogens with zero attached hydrogens (tertiary/aromatic N) is 1. The monoisotopic (exact) mass is 787 g/mol. The van der Waals surface area contributed by atoms with Crippen molar-refractivity contribution in [3.63, 3.8) is 0 Å². The minimum Gasteiger partial charge on any atom is -0.512 e. The van der Waals surface area contributed by atoms with E-state index in [0.29, 0.717) is 23.4 Å². The molecule has 0 saturated carbocycles. The molecule has 2 aromatic heterocycles. The van der Waals surface area contributed by atoms with Gasteiger partial charge in [-0.05, 0) is 66.8 Å². The van der Waals surface area contributed by atoms with Gasteiger partial charge in [0.25, 0.3) is 0 Å². The Kier molecular flexibility index (Phi) is 13.1. The number of hydrogen-bond acceptors (Lipinski definition) is 4. The SMILES string of the molecule is CCC(CC)C(=O)/C=C(\O)C(CC)CC.Cc1[c-]c(-c2nccc3c(F)c(CC(C)C)ccc23)c2oc3ccccc3c2c1.[Ir]. The fraction of sp³-hybridized carbons (Fsp3) is 0.385. The third-order valence-electron chi connectivity index (χ3n) is 8.45. The summed E-state index contributed by atoms with van der Waals surface area (Å²) in [5, 5.41) is 13.2. The number of aromatic nitrogens is 1. The van der Waals surface area contributed by atoms with Crippen LogP contribution in [0.4, 0.5) is 4.39 Å². The van der Waals surface area contributed by atoms with Crippen LogP contribution >= 0.6 is 0 Å². The smallest absolute Gasteiger partial charge is 0.162 e. The van der Waals surface area contributed by atoms with Crippen LogP contribution in [0.2, 0.25) is 0 Å². The number of fused-ring (bicyclic) bond motifs is 4. The van der Waals surface area contributed by atoms with Crippen LogP contribution in [-0.2, 0) is 31.3 Å². The van der Waals surface area contributed by atoms with Crippen LogP contribution in [0.1, 0.15) is 78.4 Å². The van der Waals surface area contributed by atoms with Gasteiger partial charge < -0.3 is 14.5 Å². The maximum Gasteiger partial charge on any atom is 0.162 e. The van der Waals surface area contributed by atoms with Gasteiger partial charge in [0.2, 0.25) is 0 Å². The summed E-state index contributed by atoms with van der Waals surface area (Å²) in [5.41, 5.74) is 4.78. The van der Waals surface area contributed by atoms with Gasteiger partial charge >= 0.3 is 0 Å². The molecule has 6 heteroatoms. The van der Waals surface area contributed by atoms with E-state index in [0.717, 1.165) is 69.7 Å². The van der Waals surface area contributed by atoms with Crippen molar-refractivity contribution in [1.29, 1.82) is 0 Å². The van der Waals surface area contributed by atoms with Crippen molar-refractivity contribution in [2.45, 2.75) is 80.6 Å². The number of para-hydroxylation sites is 1. The molecule has 0 spiro atoms. The van der Waals surface area contributed by atoms with E-state index in [4.69, 9.17) is 4.42 Å². The largest absolute Gasteiger partial charge is 0.512 e. The molecule has 3 aromatic carbocycles. The second kappa shape index (κ2) is 16.3. The van der Waals surface area contributed by atoms with Crippen LogP contribution in [0.5, 0.6) is 0 Å². The van der Waals surface area contributed by atoms with Crippen molar-refractivity contribution in [2.75, 3.05) is 0 Å². The first-order valence-corrected chi connectivity index (χ1v) is 16.0. The predicted octanol–water partition coefficient (Wildman–Crippen LogP) is 11.1. The first-order chi connectivity index (χ1) is 21.1. The van der Waals surface area contributed by atoms with Gasteiger partial charge in [-0.25, -0.2) is 4.39 Å². The summed E-state index contributed by atoms with van der Waals surface area (Å²) in [7, 11) is 0. The van der Waals surface area contributed by atoms with Crippen LogP contribution < -0.4 is 0 Å². The molecule has 5 rings (SSSR count). The third-order valence-corrected chi connectivity index (χ3v) is 8.45. The van der Waals surface area contributed by atoms with Gasteiger partial charge in [0.15, 0.2) is 5.78 Å². The molecule has 0 aliphatic carbocycles. The molecule has 0 bridgehead atoms. The molecule has 0 unspecified atom stereocenters. The molecule has 0 atom stereocenters. The van der Waals surface area contributed by atoms with Crippen LogP contribution in [0.3, 0.4) is 0 Å². The van der Waals surface area contributed by atoms with E-state index in [1.807, 2.05) is 65.0 Å². The van der Waals surface area contributed by atoms with Crippen molar-refractivity contribution >= 4 is 38.5 Å². The number of furan rings is 1. The maximum atomic E-state index is 15.2. The summed E-state index contributed by atoms with van der Waals surface area (Å²) in [5.74, 6) is 0.781. The average Bonchev–Trinajstić information content (AvgIpc) is 3.38. The van der Waals surface area contributed by atoms with Gasteiger partial charge in [-0.1, -0.05) is 89.7 Å². The van der Waals surface area contributed by atoms with Gasteiger partial charge in [-0.2, -0.15) is 0 Å². The number of hydrogen-bond donors (Lipinski definition) is 1. The van der Waals surface area contributed by atoms with Crippen LogP contribution in [0.25, 0.3) is 44.0 Å². The molecule has 0 aliphatic heterocycles. The summed E-state index contributed by atoms with van der Waals surface area (Å²) in [4.78, 5) is 16.3. The zero-order valence-electron chi connectivity index (χ0n) is 27.5. The number of benzene rings is 3. The van der Waals surface area contributed by atoms with E-state index in [2.05, 4.69) is 37.0 Å². The molecule has 241 valence electrons. The molecule has 2 heterocycles. The van der Waals surface area contributed by atoms with E-state index in [9.17, 15) is 9.90 Å². The van der Waals surface area contributed by atoms with Crippen molar-refractivity contribution in [3.05, 3.63) is 89.6 Å². The predicted molar refractivity (Wildman–Crippen MR) is 180 cm³/mol. The quantitative estimate of drug-likeness (QED) is 0.0870. The van der Waals surface area contributed by atoms with Crippen molar-refractivity contribution in [2.24, 2.45) is 17.8 Å². The van der Waals surface area contributed by atoms with Crippen LogP contribution in [0, 0.1) is 36.6 Å². The fourth-order valence-corrected chi connectivity index (χ4v) is 5.91. The maximum absolute atomic E-state index is 15.2. The Morgan fingerprint density at radius 3 is 2.24 bits per heavy atom.